The van der Waals surface area contributed by atoms with Gasteiger partial charge in [-0.3, -0.25) is 9.59 Å². The highest BCUT2D eigenvalue weighted by atomic mass is 35.5. The van der Waals surface area contributed by atoms with Gasteiger partial charge in [0.15, 0.2) is 6.61 Å². The minimum absolute atomic E-state index is 0.0233. The van der Waals surface area contributed by atoms with Gasteiger partial charge in [-0.05, 0) is 18.2 Å². The molecule has 26 heavy (non-hydrogen) atoms. The van der Waals surface area contributed by atoms with Crippen molar-refractivity contribution in [2.24, 2.45) is 0 Å². The molecule has 0 bridgehead atoms. The van der Waals surface area contributed by atoms with Gasteiger partial charge in [0.25, 0.3) is 5.91 Å². The lowest BCUT2D eigenvalue weighted by atomic mass is 10.3. The number of halogens is 2. The Bertz CT molecular complexity index is 621. The third-order valence-electron chi connectivity index (χ3n) is 3.89. The van der Waals surface area contributed by atoms with Crippen molar-refractivity contribution in [3.8, 4) is 5.75 Å². The number of methoxy groups -OCH3 is 1. The largest absolute Gasteiger partial charge is 0.482 e. The van der Waals surface area contributed by atoms with Crippen molar-refractivity contribution >= 4 is 35.0 Å². The van der Waals surface area contributed by atoms with Crippen LogP contribution in [0, 0.1) is 0 Å². The Morgan fingerprint density at radius 1 is 1.00 bits per heavy atom. The van der Waals surface area contributed by atoms with Crippen molar-refractivity contribution in [2.75, 3.05) is 59.7 Å². The van der Waals surface area contributed by atoms with Crippen LogP contribution in [0.15, 0.2) is 18.2 Å². The van der Waals surface area contributed by atoms with Gasteiger partial charge < -0.3 is 24.0 Å². The van der Waals surface area contributed by atoms with E-state index in [1.165, 1.54) is 0 Å². The monoisotopic (exact) mass is 404 g/mol. The van der Waals surface area contributed by atoms with Gasteiger partial charge >= 0.3 is 0 Å². The zero-order valence-electron chi connectivity index (χ0n) is 14.6. The topological polar surface area (TPSA) is 68.3 Å². The predicted molar refractivity (Wildman–Crippen MR) is 97.8 cm³/mol. The first-order chi connectivity index (χ1) is 12.5. The van der Waals surface area contributed by atoms with Gasteiger partial charge in [0.05, 0.1) is 18.2 Å². The molecule has 0 spiro atoms. The van der Waals surface area contributed by atoms with Gasteiger partial charge in [-0.1, -0.05) is 23.2 Å². The first-order valence-electron chi connectivity index (χ1n) is 8.21. The Morgan fingerprint density at radius 2 is 1.62 bits per heavy atom. The molecule has 1 aromatic rings. The molecule has 1 aromatic carbocycles. The zero-order valence-corrected chi connectivity index (χ0v) is 16.1. The predicted octanol–water partition coefficient (Wildman–Crippen LogP) is 1.71. The lowest BCUT2D eigenvalue weighted by Gasteiger charge is -2.34. The highest BCUT2D eigenvalue weighted by molar-refractivity contribution is 6.35. The number of hydrogen-bond acceptors (Lipinski definition) is 5. The van der Waals surface area contributed by atoms with Crippen molar-refractivity contribution in [3.05, 3.63) is 28.2 Å². The molecule has 7 nitrogen and oxygen atoms in total. The molecule has 0 unspecified atom stereocenters. The standard InChI is InChI=1S/C17H22Cl2N2O5/c1-24-8-9-25-11-16(22)20-4-6-21(7-5-20)17(23)12-26-15-3-2-13(18)10-14(15)19/h2-3,10H,4-9,11-12H2,1H3. The molecule has 1 heterocycles. The van der Waals surface area contributed by atoms with Crippen LogP contribution in [0.2, 0.25) is 10.0 Å². The molecule has 1 fully saturated rings. The molecular weight excluding hydrogens is 383 g/mol. The molecule has 1 aliphatic rings. The van der Waals surface area contributed by atoms with E-state index < -0.39 is 0 Å². The van der Waals surface area contributed by atoms with Crippen molar-refractivity contribution < 1.29 is 23.8 Å². The molecule has 144 valence electrons. The third-order valence-corrected chi connectivity index (χ3v) is 4.42. The molecule has 0 atom stereocenters. The quantitative estimate of drug-likeness (QED) is 0.616. The van der Waals surface area contributed by atoms with E-state index in [1.54, 1.807) is 35.1 Å². The Labute approximate surface area is 162 Å². The number of benzene rings is 1. The molecule has 0 aromatic heterocycles. The maximum atomic E-state index is 12.3. The van der Waals surface area contributed by atoms with E-state index >= 15 is 0 Å². The van der Waals surface area contributed by atoms with Crippen molar-refractivity contribution in [1.29, 1.82) is 0 Å². The van der Waals surface area contributed by atoms with Crippen LogP contribution in [0.1, 0.15) is 0 Å². The van der Waals surface area contributed by atoms with Gasteiger partial charge in [-0.15, -0.1) is 0 Å². The van der Waals surface area contributed by atoms with Crippen molar-refractivity contribution in [3.63, 3.8) is 0 Å². The van der Waals surface area contributed by atoms with E-state index in [4.69, 9.17) is 37.4 Å². The molecule has 1 aliphatic heterocycles. The summed E-state index contributed by atoms with van der Waals surface area (Å²) in [5.41, 5.74) is 0. The van der Waals surface area contributed by atoms with E-state index in [0.717, 1.165) is 0 Å². The molecule has 0 N–H and O–H groups in total. The molecule has 0 saturated carbocycles. The molecule has 2 rings (SSSR count). The average Bonchev–Trinajstić information content (AvgIpc) is 2.64. The summed E-state index contributed by atoms with van der Waals surface area (Å²) >= 11 is 11.8. The molecule has 0 aliphatic carbocycles. The van der Waals surface area contributed by atoms with Crippen LogP contribution in [0.3, 0.4) is 0 Å². The minimum atomic E-state index is -0.153. The third kappa shape index (κ3) is 6.32. The fourth-order valence-electron chi connectivity index (χ4n) is 2.42. The lowest BCUT2D eigenvalue weighted by Crippen LogP contribution is -2.52. The Hall–Kier alpha value is -1.54. The summed E-state index contributed by atoms with van der Waals surface area (Å²) in [4.78, 5) is 27.6. The number of carbonyl (C=O) groups excluding carboxylic acids is 2. The fraction of sp³-hybridized carbons (Fsp3) is 0.529. The molecule has 0 radical (unpaired) electrons. The number of carbonyl (C=O) groups is 2. The maximum Gasteiger partial charge on any atom is 0.260 e. The van der Waals surface area contributed by atoms with Crippen LogP contribution in [-0.2, 0) is 19.1 Å². The zero-order chi connectivity index (χ0) is 18.9. The number of piperazine rings is 1. The summed E-state index contributed by atoms with van der Waals surface area (Å²) < 4.78 is 15.6. The van der Waals surface area contributed by atoms with E-state index in [-0.39, 0.29) is 25.0 Å². The average molecular weight is 405 g/mol. The smallest absolute Gasteiger partial charge is 0.260 e. The first-order valence-corrected chi connectivity index (χ1v) is 8.97. The van der Waals surface area contributed by atoms with Crippen LogP contribution in [-0.4, -0.2) is 81.3 Å². The SMILES string of the molecule is COCCOCC(=O)N1CCN(C(=O)COc2ccc(Cl)cc2Cl)CC1. The summed E-state index contributed by atoms with van der Waals surface area (Å²) in [7, 11) is 1.58. The van der Waals surface area contributed by atoms with E-state index in [0.29, 0.717) is 55.2 Å². The summed E-state index contributed by atoms with van der Waals surface area (Å²) in [5.74, 6) is 0.170. The number of ether oxygens (including phenoxy) is 3. The van der Waals surface area contributed by atoms with Gasteiger partial charge in [0, 0.05) is 38.3 Å². The second kappa shape index (κ2) is 10.6. The molecule has 9 heteroatoms. The Morgan fingerprint density at radius 3 is 2.19 bits per heavy atom. The van der Waals surface area contributed by atoms with Gasteiger partial charge in [0.1, 0.15) is 12.4 Å². The van der Waals surface area contributed by atoms with Crippen LogP contribution in [0.5, 0.6) is 5.75 Å². The highest BCUT2D eigenvalue weighted by Gasteiger charge is 2.24. The number of amides is 2. The van der Waals surface area contributed by atoms with Crippen molar-refractivity contribution in [2.45, 2.75) is 0 Å². The fourth-order valence-corrected chi connectivity index (χ4v) is 2.88. The van der Waals surface area contributed by atoms with Gasteiger partial charge in [-0.25, -0.2) is 0 Å². The van der Waals surface area contributed by atoms with E-state index in [1.807, 2.05) is 0 Å². The highest BCUT2D eigenvalue weighted by Crippen LogP contribution is 2.27. The number of nitrogens with zero attached hydrogens (tertiary/aromatic N) is 2. The normalized spacial score (nSPS) is 14.4. The second-order valence-corrected chi connectivity index (χ2v) is 6.51. The Balaban J connectivity index is 1.71. The molecule has 1 saturated heterocycles. The van der Waals surface area contributed by atoms with Crippen molar-refractivity contribution in [1.82, 2.24) is 9.80 Å². The van der Waals surface area contributed by atoms with Gasteiger partial charge in [-0.2, -0.15) is 0 Å². The Kier molecular flexibility index (Phi) is 8.44. The van der Waals surface area contributed by atoms with Crippen LogP contribution in [0.4, 0.5) is 0 Å². The maximum absolute atomic E-state index is 12.3. The summed E-state index contributed by atoms with van der Waals surface area (Å²) in [6.07, 6.45) is 0. The minimum Gasteiger partial charge on any atom is -0.482 e. The van der Waals surface area contributed by atoms with Gasteiger partial charge in [0.2, 0.25) is 5.91 Å². The first kappa shape index (κ1) is 20.8. The number of rotatable bonds is 8. The van der Waals surface area contributed by atoms with Crippen LogP contribution in [0.25, 0.3) is 0 Å². The number of hydrogen-bond donors (Lipinski definition) is 0. The summed E-state index contributed by atoms with van der Waals surface area (Å²) in [6.45, 7) is 2.60. The molecule has 2 amide bonds. The lowest BCUT2D eigenvalue weighted by molar-refractivity contribution is -0.143. The second-order valence-electron chi connectivity index (χ2n) is 5.67. The van der Waals surface area contributed by atoms with Crippen LogP contribution >= 0.6 is 23.2 Å². The van der Waals surface area contributed by atoms with E-state index in [9.17, 15) is 9.59 Å². The van der Waals surface area contributed by atoms with Crippen LogP contribution < -0.4 is 4.74 Å². The molecular formula is C17H22Cl2N2O5. The van der Waals surface area contributed by atoms with E-state index in [2.05, 4.69) is 0 Å². The summed E-state index contributed by atoms with van der Waals surface area (Å²) in [5, 5.41) is 0.856. The summed E-state index contributed by atoms with van der Waals surface area (Å²) in [6, 6.07) is 4.83.